The number of aromatic nitrogens is 1. The number of amides is 2. The Hall–Kier alpha value is -3.19. The second kappa shape index (κ2) is 7.82. The molecule has 1 fully saturated rings. The summed E-state index contributed by atoms with van der Waals surface area (Å²) in [7, 11) is 0. The Morgan fingerprint density at radius 2 is 1.86 bits per heavy atom. The summed E-state index contributed by atoms with van der Waals surface area (Å²) in [4.78, 5) is 31.4. The number of benzene rings is 2. The average molecular weight is 393 g/mol. The number of hydrogen-bond donors (Lipinski definition) is 1. The molecule has 1 aromatic heterocycles. The number of cyclic esters (lactones) is 1. The van der Waals surface area contributed by atoms with Gasteiger partial charge < -0.3 is 10.1 Å². The maximum absolute atomic E-state index is 12.6. The standard InChI is InChI=1S/C21H19N3O3S/c1-14-18(28-20(23-14)15-8-4-2-5-9-15)19(25)22-12-17-13-24(21(26)27-17)16-10-6-3-7-11-16/h2-11,17H,12-13H2,1H3,(H,22,25). The van der Waals surface area contributed by atoms with Crippen LogP contribution >= 0.6 is 11.3 Å². The van der Waals surface area contributed by atoms with Crippen LogP contribution in [0, 0.1) is 6.92 Å². The number of aryl methyl sites for hydroxylation is 1. The van der Waals surface area contributed by atoms with Crippen LogP contribution in [0.5, 0.6) is 0 Å². The van der Waals surface area contributed by atoms with Gasteiger partial charge in [-0.15, -0.1) is 11.3 Å². The topological polar surface area (TPSA) is 71.5 Å². The lowest BCUT2D eigenvalue weighted by molar-refractivity contribution is 0.0919. The molecule has 4 rings (SSSR count). The molecule has 1 N–H and O–H groups in total. The number of ether oxygens (including phenoxy) is 1. The highest BCUT2D eigenvalue weighted by molar-refractivity contribution is 7.17. The number of hydrogen-bond acceptors (Lipinski definition) is 5. The molecule has 0 spiro atoms. The van der Waals surface area contributed by atoms with E-state index < -0.39 is 12.2 Å². The van der Waals surface area contributed by atoms with E-state index in [0.29, 0.717) is 17.1 Å². The van der Waals surface area contributed by atoms with Gasteiger partial charge in [0.1, 0.15) is 16.0 Å². The quantitative estimate of drug-likeness (QED) is 0.714. The Kier molecular flexibility index (Phi) is 5.08. The predicted molar refractivity (Wildman–Crippen MR) is 109 cm³/mol. The van der Waals surface area contributed by atoms with Crippen LogP contribution in [0.25, 0.3) is 10.6 Å². The monoisotopic (exact) mass is 393 g/mol. The van der Waals surface area contributed by atoms with Crippen molar-refractivity contribution in [2.24, 2.45) is 0 Å². The highest BCUT2D eigenvalue weighted by Gasteiger charge is 2.32. The van der Waals surface area contributed by atoms with Crippen molar-refractivity contribution in [3.63, 3.8) is 0 Å². The molecule has 2 amide bonds. The van der Waals surface area contributed by atoms with Crippen LogP contribution in [0.4, 0.5) is 10.5 Å². The summed E-state index contributed by atoms with van der Waals surface area (Å²) in [5, 5.41) is 3.68. The largest absolute Gasteiger partial charge is 0.442 e. The molecule has 6 nitrogen and oxygen atoms in total. The number of rotatable bonds is 5. The van der Waals surface area contributed by atoms with E-state index in [1.807, 2.05) is 67.6 Å². The molecule has 28 heavy (non-hydrogen) atoms. The zero-order valence-electron chi connectivity index (χ0n) is 15.3. The summed E-state index contributed by atoms with van der Waals surface area (Å²) in [6.07, 6.45) is -0.788. The smallest absolute Gasteiger partial charge is 0.414 e. The lowest BCUT2D eigenvalue weighted by Gasteiger charge is -2.12. The van der Waals surface area contributed by atoms with Crippen molar-refractivity contribution in [1.82, 2.24) is 10.3 Å². The molecule has 2 aromatic carbocycles. The van der Waals surface area contributed by atoms with Crippen LogP contribution in [-0.4, -0.2) is 36.2 Å². The van der Waals surface area contributed by atoms with Crippen LogP contribution in [0.15, 0.2) is 60.7 Å². The van der Waals surface area contributed by atoms with Crippen LogP contribution in [0.1, 0.15) is 15.4 Å². The molecule has 1 aliphatic rings. The van der Waals surface area contributed by atoms with E-state index in [1.165, 1.54) is 11.3 Å². The number of thiazole rings is 1. The molecule has 1 unspecified atom stereocenters. The summed E-state index contributed by atoms with van der Waals surface area (Å²) in [6, 6.07) is 19.1. The molecule has 0 saturated carbocycles. The van der Waals surface area contributed by atoms with E-state index in [-0.39, 0.29) is 12.5 Å². The molecule has 0 bridgehead atoms. The number of anilines is 1. The minimum Gasteiger partial charge on any atom is -0.442 e. The zero-order chi connectivity index (χ0) is 19.5. The van der Waals surface area contributed by atoms with Crippen LogP contribution in [-0.2, 0) is 4.74 Å². The van der Waals surface area contributed by atoms with E-state index in [2.05, 4.69) is 10.3 Å². The molecular formula is C21H19N3O3S. The summed E-state index contributed by atoms with van der Waals surface area (Å²) in [5.41, 5.74) is 2.46. The Labute approximate surface area is 166 Å². The molecule has 7 heteroatoms. The van der Waals surface area contributed by atoms with E-state index in [0.717, 1.165) is 16.3 Å². The first-order valence-corrected chi connectivity index (χ1v) is 9.77. The van der Waals surface area contributed by atoms with Crippen molar-refractivity contribution >= 4 is 29.0 Å². The van der Waals surface area contributed by atoms with Gasteiger partial charge in [-0.2, -0.15) is 0 Å². The molecule has 1 aliphatic heterocycles. The van der Waals surface area contributed by atoms with Gasteiger partial charge in [-0.05, 0) is 19.1 Å². The van der Waals surface area contributed by atoms with Gasteiger partial charge in [0.15, 0.2) is 0 Å². The van der Waals surface area contributed by atoms with Crippen molar-refractivity contribution in [2.45, 2.75) is 13.0 Å². The van der Waals surface area contributed by atoms with Crippen LogP contribution in [0.3, 0.4) is 0 Å². The Bertz CT molecular complexity index is 989. The first kappa shape index (κ1) is 18.2. The van der Waals surface area contributed by atoms with Gasteiger partial charge in [0.25, 0.3) is 5.91 Å². The summed E-state index contributed by atoms with van der Waals surface area (Å²) in [5.74, 6) is -0.202. The van der Waals surface area contributed by atoms with Crippen LogP contribution in [0.2, 0.25) is 0 Å². The minimum atomic E-state index is -0.397. The molecule has 0 radical (unpaired) electrons. The third-order valence-electron chi connectivity index (χ3n) is 4.46. The number of para-hydroxylation sites is 1. The molecular weight excluding hydrogens is 374 g/mol. The maximum atomic E-state index is 12.6. The number of nitrogens with one attached hydrogen (secondary N) is 1. The summed E-state index contributed by atoms with van der Waals surface area (Å²) in [6.45, 7) is 2.48. The van der Waals surface area contributed by atoms with Crippen molar-refractivity contribution in [3.05, 3.63) is 71.2 Å². The van der Waals surface area contributed by atoms with Crippen molar-refractivity contribution in [3.8, 4) is 10.6 Å². The Morgan fingerprint density at radius 1 is 1.18 bits per heavy atom. The number of carbonyl (C=O) groups excluding carboxylic acids is 2. The third kappa shape index (κ3) is 3.75. The predicted octanol–water partition coefficient (Wildman–Crippen LogP) is 3.87. The molecule has 1 atom stereocenters. The fourth-order valence-electron chi connectivity index (χ4n) is 3.04. The van der Waals surface area contributed by atoms with Crippen molar-refractivity contribution in [2.75, 3.05) is 18.0 Å². The molecule has 0 aliphatic carbocycles. The normalized spacial score (nSPS) is 16.1. The summed E-state index contributed by atoms with van der Waals surface area (Å²) < 4.78 is 5.38. The fourth-order valence-corrected chi connectivity index (χ4v) is 4.03. The molecule has 142 valence electrons. The highest BCUT2D eigenvalue weighted by atomic mass is 32.1. The molecule has 1 saturated heterocycles. The van der Waals surface area contributed by atoms with Gasteiger partial charge in [-0.25, -0.2) is 9.78 Å². The van der Waals surface area contributed by atoms with Gasteiger partial charge in [-0.1, -0.05) is 48.5 Å². The second-order valence-electron chi connectivity index (χ2n) is 6.46. The number of carbonyl (C=O) groups is 2. The fraction of sp³-hybridized carbons (Fsp3) is 0.190. The molecule has 2 heterocycles. The number of nitrogens with zero attached hydrogens (tertiary/aromatic N) is 2. The van der Waals surface area contributed by atoms with Crippen molar-refractivity contribution < 1.29 is 14.3 Å². The van der Waals surface area contributed by atoms with Gasteiger partial charge in [0.05, 0.1) is 18.8 Å². The van der Waals surface area contributed by atoms with Gasteiger partial charge in [-0.3, -0.25) is 9.69 Å². The lowest BCUT2D eigenvalue weighted by Crippen LogP contribution is -2.34. The second-order valence-corrected chi connectivity index (χ2v) is 7.46. The SMILES string of the molecule is Cc1nc(-c2ccccc2)sc1C(=O)NCC1CN(c2ccccc2)C(=O)O1. The van der Waals surface area contributed by atoms with Crippen LogP contribution < -0.4 is 10.2 Å². The van der Waals surface area contributed by atoms with E-state index in [9.17, 15) is 9.59 Å². The third-order valence-corrected chi connectivity index (χ3v) is 5.66. The lowest BCUT2D eigenvalue weighted by atomic mass is 10.2. The summed E-state index contributed by atoms with van der Waals surface area (Å²) >= 11 is 1.36. The minimum absolute atomic E-state index is 0.202. The highest BCUT2D eigenvalue weighted by Crippen LogP contribution is 2.27. The Balaban J connectivity index is 1.39. The van der Waals surface area contributed by atoms with Gasteiger partial charge >= 0.3 is 6.09 Å². The van der Waals surface area contributed by atoms with E-state index in [1.54, 1.807) is 4.90 Å². The van der Waals surface area contributed by atoms with E-state index >= 15 is 0 Å². The first-order valence-electron chi connectivity index (χ1n) is 8.96. The van der Waals surface area contributed by atoms with Gasteiger partial charge in [0, 0.05) is 11.3 Å². The van der Waals surface area contributed by atoms with Crippen molar-refractivity contribution in [1.29, 1.82) is 0 Å². The van der Waals surface area contributed by atoms with Gasteiger partial charge in [0.2, 0.25) is 0 Å². The molecule has 3 aromatic rings. The maximum Gasteiger partial charge on any atom is 0.414 e. The first-order chi connectivity index (χ1) is 13.6. The Morgan fingerprint density at radius 3 is 2.57 bits per heavy atom. The zero-order valence-corrected chi connectivity index (χ0v) is 16.1. The average Bonchev–Trinajstić information content (AvgIpc) is 3.30. The van der Waals surface area contributed by atoms with E-state index in [4.69, 9.17) is 4.74 Å².